The molecule has 0 aromatic rings. The summed E-state index contributed by atoms with van der Waals surface area (Å²) in [7, 11) is 0. The van der Waals surface area contributed by atoms with Gasteiger partial charge in [-0.1, -0.05) is 19.8 Å². The minimum Gasteiger partial charge on any atom is -0.377 e. The first kappa shape index (κ1) is 15.9. The molecule has 1 atom stereocenters. The Labute approximate surface area is 113 Å². The van der Waals surface area contributed by atoms with Gasteiger partial charge in [-0.15, -0.1) is 0 Å². The normalized spacial score (nSPS) is 19.3. The molecule has 1 rings (SSSR count). The Bertz CT molecular complexity index is 207. The van der Waals surface area contributed by atoms with E-state index in [2.05, 4.69) is 33.0 Å². The van der Waals surface area contributed by atoms with E-state index >= 15 is 0 Å². The fourth-order valence-corrected chi connectivity index (χ4v) is 2.60. The number of rotatable bonds is 8. The molecule has 0 aromatic carbocycles. The van der Waals surface area contributed by atoms with Crippen LogP contribution in [0.3, 0.4) is 0 Å². The highest BCUT2D eigenvalue weighted by atomic mass is 16.5. The van der Waals surface area contributed by atoms with Gasteiger partial charge in [0.05, 0.1) is 25.4 Å². The van der Waals surface area contributed by atoms with Gasteiger partial charge in [0.2, 0.25) is 0 Å². The molecule has 1 fully saturated rings. The summed E-state index contributed by atoms with van der Waals surface area (Å²) in [6.45, 7) is 11.6. The lowest BCUT2D eigenvalue weighted by Crippen LogP contribution is -2.39. The molecule has 1 saturated carbocycles. The molecule has 108 valence electrons. The second-order valence-electron chi connectivity index (χ2n) is 6.24. The number of nitrogens with one attached hydrogen (secondary N) is 1. The van der Waals surface area contributed by atoms with Gasteiger partial charge in [0, 0.05) is 6.04 Å². The number of ether oxygens (including phenoxy) is 2. The van der Waals surface area contributed by atoms with Crippen molar-refractivity contribution >= 4 is 0 Å². The summed E-state index contributed by atoms with van der Waals surface area (Å²) in [6, 6.07) is 0.534. The summed E-state index contributed by atoms with van der Waals surface area (Å²) in [5.74, 6) is 0.813. The van der Waals surface area contributed by atoms with Crippen molar-refractivity contribution in [3.8, 4) is 0 Å². The molecule has 1 N–H and O–H groups in total. The van der Waals surface area contributed by atoms with Crippen molar-refractivity contribution in [2.24, 2.45) is 5.92 Å². The van der Waals surface area contributed by atoms with Crippen molar-refractivity contribution in [3.05, 3.63) is 0 Å². The summed E-state index contributed by atoms with van der Waals surface area (Å²) in [5.41, 5.74) is -0.0596. The van der Waals surface area contributed by atoms with Crippen LogP contribution in [-0.2, 0) is 9.47 Å². The van der Waals surface area contributed by atoms with E-state index in [9.17, 15) is 0 Å². The van der Waals surface area contributed by atoms with Crippen molar-refractivity contribution in [2.45, 2.75) is 65.0 Å². The van der Waals surface area contributed by atoms with E-state index in [-0.39, 0.29) is 5.60 Å². The maximum Gasteiger partial charge on any atom is 0.0707 e. The molecule has 1 aliphatic carbocycles. The van der Waals surface area contributed by atoms with E-state index in [1.165, 1.54) is 25.7 Å². The lowest BCUT2D eigenvalue weighted by Gasteiger charge is -2.25. The molecule has 0 aromatic heterocycles. The molecule has 1 unspecified atom stereocenters. The highest BCUT2D eigenvalue weighted by Crippen LogP contribution is 2.27. The van der Waals surface area contributed by atoms with Gasteiger partial charge in [-0.2, -0.15) is 0 Å². The summed E-state index contributed by atoms with van der Waals surface area (Å²) >= 11 is 0. The summed E-state index contributed by atoms with van der Waals surface area (Å²) in [4.78, 5) is 0. The fraction of sp³-hybridized carbons (Fsp3) is 1.00. The Balaban J connectivity index is 2.13. The maximum absolute atomic E-state index is 5.77. The van der Waals surface area contributed by atoms with Crippen LogP contribution in [0, 0.1) is 5.92 Å². The van der Waals surface area contributed by atoms with E-state index in [0.717, 1.165) is 19.1 Å². The molecule has 0 saturated heterocycles. The van der Waals surface area contributed by atoms with Gasteiger partial charge >= 0.3 is 0 Å². The summed E-state index contributed by atoms with van der Waals surface area (Å²) < 4.78 is 11.4. The van der Waals surface area contributed by atoms with E-state index in [4.69, 9.17) is 9.47 Å². The molecule has 3 nitrogen and oxygen atoms in total. The van der Waals surface area contributed by atoms with Gasteiger partial charge in [-0.05, 0) is 46.1 Å². The molecule has 0 bridgehead atoms. The zero-order valence-corrected chi connectivity index (χ0v) is 12.6. The van der Waals surface area contributed by atoms with Gasteiger partial charge < -0.3 is 14.8 Å². The van der Waals surface area contributed by atoms with Gasteiger partial charge in [0.1, 0.15) is 0 Å². The summed E-state index contributed by atoms with van der Waals surface area (Å²) in [6.07, 6.45) is 5.50. The van der Waals surface area contributed by atoms with Crippen molar-refractivity contribution in [1.82, 2.24) is 5.32 Å². The first-order valence-electron chi connectivity index (χ1n) is 7.48. The average molecular weight is 257 g/mol. The van der Waals surface area contributed by atoms with E-state index in [1.54, 1.807) is 0 Å². The van der Waals surface area contributed by atoms with Crippen LogP contribution in [0.25, 0.3) is 0 Å². The minimum atomic E-state index is -0.0596. The van der Waals surface area contributed by atoms with Crippen molar-refractivity contribution in [1.29, 1.82) is 0 Å². The zero-order chi connectivity index (χ0) is 13.4. The monoisotopic (exact) mass is 257 g/mol. The van der Waals surface area contributed by atoms with E-state index in [1.807, 2.05) is 0 Å². The van der Waals surface area contributed by atoms with Crippen LogP contribution in [0.4, 0.5) is 0 Å². The smallest absolute Gasteiger partial charge is 0.0707 e. The Morgan fingerprint density at radius 2 is 1.83 bits per heavy atom. The average Bonchev–Trinajstić information content (AvgIpc) is 2.79. The van der Waals surface area contributed by atoms with E-state index < -0.39 is 0 Å². The highest BCUT2D eigenvalue weighted by molar-refractivity contribution is 4.80. The molecule has 18 heavy (non-hydrogen) atoms. The Morgan fingerprint density at radius 3 is 2.39 bits per heavy atom. The van der Waals surface area contributed by atoms with Gasteiger partial charge in [-0.25, -0.2) is 0 Å². The van der Waals surface area contributed by atoms with Gasteiger partial charge in [0.15, 0.2) is 0 Å². The lowest BCUT2D eigenvalue weighted by atomic mass is 9.99. The molecule has 0 amide bonds. The van der Waals surface area contributed by atoms with Crippen LogP contribution >= 0.6 is 0 Å². The topological polar surface area (TPSA) is 30.5 Å². The predicted molar refractivity (Wildman–Crippen MR) is 75.9 cm³/mol. The van der Waals surface area contributed by atoms with Crippen molar-refractivity contribution in [3.63, 3.8) is 0 Å². The number of hydrogen-bond acceptors (Lipinski definition) is 3. The van der Waals surface area contributed by atoms with Crippen LogP contribution in [0.15, 0.2) is 0 Å². The number of likely N-dealkylation sites (N-methyl/N-ethyl adjacent to an activating group) is 1. The first-order chi connectivity index (χ1) is 8.53. The Kier molecular flexibility index (Phi) is 7.20. The van der Waals surface area contributed by atoms with Crippen molar-refractivity contribution in [2.75, 3.05) is 26.4 Å². The standard InChI is InChI=1S/C15H31NO2/c1-5-16-14(13-8-6-7-9-13)12-17-10-11-18-15(2,3)4/h13-14,16H,5-12H2,1-4H3. The second kappa shape index (κ2) is 8.13. The summed E-state index contributed by atoms with van der Waals surface area (Å²) in [5, 5.41) is 3.57. The van der Waals surface area contributed by atoms with Crippen LogP contribution < -0.4 is 5.32 Å². The van der Waals surface area contributed by atoms with Crippen LogP contribution in [-0.4, -0.2) is 38.0 Å². The highest BCUT2D eigenvalue weighted by Gasteiger charge is 2.24. The lowest BCUT2D eigenvalue weighted by molar-refractivity contribution is -0.0390. The third kappa shape index (κ3) is 6.72. The molecule has 0 radical (unpaired) electrons. The Hall–Kier alpha value is -0.120. The Morgan fingerprint density at radius 1 is 1.17 bits per heavy atom. The zero-order valence-electron chi connectivity index (χ0n) is 12.6. The van der Waals surface area contributed by atoms with Crippen LogP contribution in [0.2, 0.25) is 0 Å². The van der Waals surface area contributed by atoms with Crippen molar-refractivity contribution < 1.29 is 9.47 Å². The molecule has 1 aliphatic rings. The first-order valence-corrected chi connectivity index (χ1v) is 7.48. The number of hydrogen-bond donors (Lipinski definition) is 1. The van der Waals surface area contributed by atoms with Gasteiger partial charge in [-0.3, -0.25) is 0 Å². The third-order valence-corrected chi connectivity index (χ3v) is 3.50. The SMILES string of the molecule is CCNC(COCCOC(C)(C)C)C1CCCC1. The van der Waals surface area contributed by atoms with Crippen LogP contribution in [0.1, 0.15) is 53.4 Å². The second-order valence-corrected chi connectivity index (χ2v) is 6.24. The van der Waals surface area contributed by atoms with Gasteiger partial charge in [0.25, 0.3) is 0 Å². The quantitative estimate of drug-likeness (QED) is 0.678. The fourth-order valence-electron chi connectivity index (χ4n) is 2.60. The molecular weight excluding hydrogens is 226 g/mol. The molecule has 0 heterocycles. The molecule has 3 heteroatoms. The molecule has 0 spiro atoms. The predicted octanol–water partition coefficient (Wildman–Crippen LogP) is 2.99. The maximum atomic E-state index is 5.77. The largest absolute Gasteiger partial charge is 0.377 e. The van der Waals surface area contributed by atoms with Crippen LogP contribution in [0.5, 0.6) is 0 Å². The minimum absolute atomic E-state index is 0.0596. The molecule has 0 aliphatic heterocycles. The third-order valence-electron chi connectivity index (χ3n) is 3.50. The molecular formula is C15H31NO2. The van der Waals surface area contributed by atoms with E-state index in [0.29, 0.717) is 19.3 Å².